The summed E-state index contributed by atoms with van der Waals surface area (Å²) in [5, 5.41) is 0. The maximum atomic E-state index is 6.17. The summed E-state index contributed by atoms with van der Waals surface area (Å²) in [5.41, 5.74) is 0. The van der Waals surface area contributed by atoms with E-state index in [2.05, 4.69) is 34.7 Å². The molecule has 0 spiro atoms. The van der Waals surface area contributed by atoms with Gasteiger partial charge in [0.1, 0.15) is 19.2 Å². The molecule has 0 fully saturated rings. The van der Waals surface area contributed by atoms with Crippen LogP contribution in [0.1, 0.15) is 111 Å². The third kappa shape index (κ3) is 14.0. The lowest BCUT2D eigenvalue weighted by molar-refractivity contribution is -1.09. The Labute approximate surface area is 147 Å². The number of unbranched alkanes of at least 4 members (excludes halogenated alkanes) is 11. The average Bonchev–Trinajstić information content (AvgIpc) is 2.55. The fraction of sp³-hybridized carbons (Fsp3) is 1.00. The Kier molecular flexibility index (Phi) is 15.4. The number of hydrogen-bond acceptors (Lipinski definition) is 1. The molecule has 0 aromatic heterocycles. The van der Waals surface area contributed by atoms with Gasteiger partial charge < -0.3 is 0 Å². The minimum Gasteiger partial charge on any atom is -0.200 e. The third-order valence-electron chi connectivity index (χ3n) is 5.24. The van der Waals surface area contributed by atoms with Gasteiger partial charge in [0, 0.05) is 0 Å². The van der Waals surface area contributed by atoms with Crippen molar-refractivity contribution in [3.8, 4) is 0 Å². The molecule has 0 amide bonds. The topological polar surface area (TPSA) is 9.23 Å². The van der Waals surface area contributed by atoms with Crippen molar-refractivity contribution in [2.45, 2.75) is 117 Å². The molecule has 0 radical (unpaired) electrons. The summed E-state index contributed by atoms with van der Waals surface area (Å²) in [5.74, 6) is 0. The highest BCUT2D eigenvalue weighted by atomic mass is 16.7. The summed E-state index contributed by atoms with van der Waals surface area (Å²) in [6, 6.07) is 0. The molecule has 0 rings (SSSR count). The van der Waals surface area contributed by atoms with Crippen LogP contribution in [0.3, 0.4) is 0 Å². The van der Waals surface area contributed by atoms with Crippen LogP contribution in [0.5, 0.6) is 0 Å². The van der Waals surface area contributed by atoms with E-state index in [-0.39, 0.29) is 0 Å². The van der Waals surface area contributed by atoms with Gasteiger partial charge in [-0.2, -0.15) is 4.65 Å². The fourth-order valence-corrected chi connectivity index (χ4v) is 3.13. The van der Waals surface area contributed by atoms with Crippen molar-refractivity contribution >= 4 is 0 Å². The molecule has 23 heavy (non-hydrogen) atoms. The summed E-state index contributed by atoms with van der Waals surface area (Å²) in [4.78, 5) is 6.17. The van der Waals surface area contributed by atoms with E-state index >= 15 is 0 Å². The molecule has 0 heterocycles. The second kappa shape index (κ2) is 15.4. The van der Waals surface area contributed by atoms with Crippen LogP contribution >= 0.6 is 0 Å². The largest absolute Gasteiger partial charge is 0.200 e. The van der Waals surface area contributed by atoms with E-state index in [0.717, 1.165) is 17.7 Å². The standard InChI is InChI=1S/C21H46NO/c1-6-9-10-11-12-13-14-15-16-17-18-19-20-21(4)23-22(5,7-2)8-3/h21H,6-20H2,1-5H3/q+1. The quantitative estimate of drug-likeness (QED) is 0.160. The molecule has 0 saturated carbocycles. The Morgan fingerprint density at radius 1 is 0.652 bits per heavy atom. The zero-order valence-corrected chi connectivity index (χ0v) is 17.0. The van der Waals surface area contributed by atoms with Crippen molar-refractivity contribution < 1.29 is 9.48 Å². The highest BCUT2D eigenvalue weighted by Crippen LogP contribution is 2.15. The molecular formula is C21H46NO+. The van der Waals surface area contributed by atoms with Crippen LogP contribution in [0.15, 0.2) is 0 Å². The second-order valence-electron chi connectivity index (χ2n) is 7.52. The summed E-state index contributed by atoms with van der Waals surface area (Å²) in [6.07, 6.45) is 18.7. The predicted octanol–water partition coefficient (Wildman–Crippen LogP) is 6.88. The molecule has 140 valence electrons. The Morgan fingerprint density at radius 2 is 1.04 bits per heavy atom. The lowest BCUT2D eigenvalue weighted by atomic mass is 10.0. The molecule has 0 N–H and O–H groups in total. The molecule has 0 saturated heterocycles. The van der Waals surface area contributed by atoms with Gasteiger partial charge in [-0.15, -0.1) is 0 Å². The van der Waals surface area contributed by atoms with Crippen LogP contribution in [0.2, 0.25) is 0 Å². The minimum atomic E-state index is 0.392. The van der Waals surface area contributed by atoms with Crippen molar-refractivity contribution in [2.24, 2.45) is 0 Å². The summed E-state index contributed by atoms with van der Waals surface area (Å²) in [6.45, 7) is 11.1. The Bertz CT molecular complexity index is 238. The molecule has 0 aliphatic heterocycles. The molecule has 1 unspecified atom stereocenters. The summed E-state index contributed by atoms with van der Waals surface area (Å²) >= 11 is 0. The lowest BCUT2D eigenvalue weighted by Crippen LogP contribution is -2.45. The van der Waals surface area contributed by atoms with E-state index in [1.54, 1.807) is 0 Å². The highest BCUT2D eigenvalue weighted by Gasteiger charge is 2.21. The van der Waals surface area contributed by atoms with Crippen LogP contribution in [0.25, 0.3) is 0 Å². The smallest absolute Gasteiger partial charge is 0.114 e. The Hall–Kier alpha value is -0.0800. The maximum Gasteiger partial charge on any atom is 0.114 e. The van der Waals surface area contributed by atoms with Gasteiger partial charge in [0.05, 0.1) is 7.05 Å². The number of rotatable bonds is 17. The molecule has 0 aliphatic carbocycles. The first kappa shape index (κ1) is 22.9. The van der Waals surface area contributed by atoms with E-state index in [1.807, 2.05) is 0 Å². The number of hydrogen-bond donors (Lipinski definition) is 0. The van der Waals surface area contributed by atoms with Crippen molar-refractivity contribution in [1.29, 1.82) is 0 Å². The normalized spacial score (nSPS) is 13.4. The molecule has 2 heteroatoms. The van der Waals surface area contributed by atoms with E-state index in [4.69, 9.17) is 4.84 Å². The van der Waals surface area contributed by atoms with Gasteiger partial charge >= 0.3 is 0 Å². The van der Waals surface area contributed by atoms with Crippen molar-refractivity contribution in [3.63, 3.8) is 0 Å². The Balaban J connectivity index is 3.33. The molecule has 0 bridgehead atoms. The molecule has 1 atom stereocenters. The monoisotopic (exact) mass is 328 g/mol. The molecule has 0 aromatic rings. The van der Waals surface area contributed by atoms with E-state index in [9.17, 15) is 0 Å². The van der Waals surface area contributed by atoms with E-state index < -0.39 is 0 Å². The first-order valence-electron chi connectivity index (χ1n) is 10.6. The van der Waals surface area contributed by atoms with Gasteiger partial charge in [0.25, 0.3) is 0 Å². The van der Waals surface area contributed by atoms with Crippen LogP contribution in [-0.2, 0) is 4.84 Å². The molecular weight excluding hydrogens is 282 g/mol. The van der Waals surface area contributed by atoms with Crippen molar-refractivity contribution in [1.82, 2.24) is 0 Å². The van der Waals surface area contributed by atoms with Gasteiger partial charge in [-0.3, -0.25) is 0 Å². The number of hydroxylamine groups is 3. The van der Waals surface area contributed by atoms with Gasteiger partial charge in [0.15, 0.2) is 0 Å². The van der Waals surface area contributed by atoms with E-state index in [0.29, 0.717) is 6.10 Å². The first-order chi connectivity index (χ1) is 11.1. The second-order valence-corrected chi connectivity index (χ2v) is 7.52. The van der Waals surface area contributed by atoms with Crippen LogP contribution in [-0.4, -0.2) is 30.9 Å². The minimum absolute atomic E-state index is 0.392. The van der Waals surface area contributed by atoms with Gasteiger partial charge in [-0.05, 0) is 27.2 Å². The van der Waals surface area contributed by atoms with Crippen LogP contribution in [0.4, 0.5) is 0 Å². The highest BCUT2D eigenvalue weighted by molar-refractivity contribution is 4.52. The van der Waals surface area contributed by atoms with Gasteiger partial charge in [-0.25, -0.2) is 4.84 Å². The third-order valence-corrected chi connectivity index (χ3v) is 5.24. The van der Waals surface area contributed by atoms with Gasteiger partial charge in [-0.1, -0.05) is 84.0 Å². The fourth-order valence-electron chi connectivity index (χ4n) is 3.13. The number of nitrogens with zero attached hydrogens (tertiary/aromatic N) is 1. The zero-order chi connectivity index (χ0) is 17.4. The van der Waals surface area contributed by atoms with E-state index in [1.165, 1.54) is 83.5 Å². The predicted molar refractivity (Wildman–Crippen MR) is 104 cm³/mol. The molecule has 0 aliphatic rings. The van der Waals surface area contributed by atoms with Crippen molar-refractivity contribution in [2.75, 3.05) is 20.1 Å². The molecule has 0 aromatic carbocycles. The SMILES string of the molecule is CCCCCCCCCCCCCCC(C)O[N+](C)(CC)CC. The lowest BCUT2D eigenvalue weighted by Gasteiger charge is -2.31. The maximum absolute atomic E-state index is 6.17. The van der Waals surface area contributed by atoms with Crippen molar-refractivity contribution in [3.05, 3.63) is 0 Å². The number of quaternary nitrogens is 1. The Morgan fingerprint density at radius 3 is 1.43 bits per heavy atom. The van der Waals surface area contributed by atoms with Crippen LogP contribution < -0.4 is 0 Å². The average molecular weight is 329 g/mol. The first-order valence-corrected chi connectivity index (χ1v) is 10.6. The summed E-state index contributed by atoms with van der Waals surface area (Å²) in [7, 11) is 2.19. The van der Waals surface area contributed by atoms with Crippen LogP contribution in [0, 0.1) is 0 Å². The molecule has 2 nitrogen and oxygen atoms in total. The zero-order valence-electron chi connectivity index (χ0n) is 17.0. The summed E-state index contributed by atoms with van der Waals surface area (Å²) < 4.78 is 0.749. The van der Waals surface area contributed by atoms with Gasteiger partial charge in [0.2, 0.25) is 0 Å².